The maximum absolute atomic E-state index is 11.8. The van der Waals surface area contributed by atoms with Gasteiger partial charge in [0.15, 0.2) is 0 Å². The average molecular weight is 263 g/mol. The summed E-state index contributed by atoms with van der Waals surface area (Å²) >= 11 is 0. The number of rotatable bonds is 3. The molecular weight excluding hydrogens is 240 g/mol. The number of ether oxygens (including phenoxy) is 1. The van der Waals surface area contributed by atoms with Gasteiger partial charge in [-0.15, -0.1) is 12.4 Å². The number of hydrogen-bond acceptors (Lipinski definition) is 3. The van der Waals surface area contributed by atoms with E-state index in [4.69, 9.17) is 4.74 Å². The van der Waals surface area contributed by atoms with Crippen molar-refractivity contribution in [2.24, 2.45) is 5.41 Å². The number of carbonyl (C=O) groups is 1. The molecule has 2 saturated heterocycles. The Bertz CT molecular complexity index is 245. The number of carbonyl (C=O) groups excluding carboxylic acids is 1. The molecule has 4 nitrogen and oxygen atoms in total. The van der Waals surface area contributed by atoms with Crippen molar-refractivity contribution in [2.45, 2.75) is 25.7 Å². The molecule has 1 spiro atoms. The molecule has 0 atom stereocenters. The molecule has 0 aromatic rings. The molecule has 5 heteroatoms. The maximum Gasteiger partial charge on any atom is 0.224 e. The molecule has 2 heterocycles. The Labute approximate surface area is 109 Å². The quantitative estimate of drug-likeness (QED) is 0.827. The first-order valence-corrected chi connectivity index (χ1v) is 6.23. The van der Waals surface area contributed by atoms with Crippen molar-refractivity contribution in [1.29, 1.82) is 0 Å². The summed E-state index contributed by atoms with van der Waals surface area (Å²) in [5, 5.41) is 3.44. The van der Waals surface area contributed by atoms with E-state index in [0.29, 0.717) is 18.4 Å². The second-order valence-electron chi connectivity index (χ2n) is 5.05. The number of amides is 1. The smallest absolute Gasteiger partial charge is 0.224 e. The van der Waals surface area contributed by atoms with Gasteiger partial charge in [0, 0.05) is 26.7 Å². The first-order valence-electron chi connectivity index (χ1n) is 6.23. The highest BCUT2D eigenvalue weighted by Crippen LogP contribution is 2.36. The fourth-order valence-corrected chi connectivity index (χ4v) is 2.80. The largest absolute Gasteiger partial charge is 0.384 e. The van der Waals surface area contributed by atoms with Crippen LogP contribution < -0.4 is 5.32 Å². The molecule has 100 valence electrons. The van der Waals surface area contributed by atoms with Crippen LogP contribution in [-0.4, -0.2) is 50.7 Å². The molecule has 1 amide bonds. The Kier molecular flexibility index (Phi) is 5.70. The number of halogens is 1. The third-order valence-electron chi connectivity index (χ3n) is 4.03. The normalized spacial score (nSPS) is 22.5. The zero-order valence-electron chi connectivity index (χ0n) is 10.5. The average Bonchev–Trinajstić information content (AvgIpc) is 2.75. The van der Waals surface area contributed by atoms with E-state index < -0.39 is 0 Å². The first kappa shape index (κ1) is 14.7. The molecule has 2 aliphatic rings. The number of nitrogens with zero attached hydrogens (tertiary/aromatic N) is 1. The highest BCUT2D eigenvalue weighted by Gasteiger charge is 2.37. The van der Waals surface area contributed by atoms with Gasteiger partial charge in [0.1, 0.15) is 0 Å². The van der Waals surface area contributed by atoms with E-state index in [2.05, 4.69) is 5.32 Å². The number of likely N-dealkylation sites (tertiary alicyclic amines) is 1. The Morgan fingerprint density at radius 3 is 2.59 bits per heavy atom. The summed E-state index contributed by atoms with van der Waals surface area (Å²) in [4.78, 5) is 13.8. The second kappa shape index (κ2) is 6.57. The van der Waals surface area contributed by atoms with Crippen LogP contribution in [0.15, 0.2) is 0 Å². The van der Waals surface area contributed by atoms with Gasteiger partial charge in [-0.2, -0.15) is 0 Å². The molecule has 17 heavy (non-hydrogen) atoms. The number of nitrogens with one attached hydrogen (secondary N) is 1. The molecule has 0 radical (unpaired) electrons. The molecule has 0 bridgehead atoms. The lowest BCUT2D eigenvalue weighted by Crippen LogP contribution is -2.44. The van der Waals surface area contributed by atoms with Gasteiger partial charge in [0.2, 0.25) is 5.91 Å². The molecule has 0 aromatic carbocycles. The molecule has 1 N–H and O–H groups in total. The highest BCUT2D eigenvalue weighted by molar-refractivity contribution is 5.85. The van der Waals surface area contributed by atoms with Gasteiger partial charge < -0.3 is 15.0 Å². The second-order valence-corrected chi connectivity index (χ2v) is 5.05. The van der Waals surface area contributed by atoms with Crippen LogP contribution in [0, 0.1) is 5.41 Å². The molecule has 2 fully saturated rings. The Morgan fingerprint density at radius 1 is 1.35 bits per heavy atom. The summed E-state index contributed by atoms with van der Waals surface area (Å²) in [5.74, 6) is 0.252. The monoisotopic (exact) mass is 262 g/mol. The molecule has 0 saturated carbocycles. The van der Waals surface area contributed by atoms with Gasteiger partial charge in [0.05, 0.1) is 13.0 Å². The first-order chi connectivity index (χ1) is 7.76. The van der Waals surface area contributed by atoms with Crippen molar-refractivity contribution in [3.05, 3.63) is 0 Å². The van der Waals surface area contributed by atoms with Crippen molar-refractivity contribution in [3.8, 4) is 0 Å². The fraction of sp³-hybridized carbons (Fsp3) is 0.917. The van der Waals surface area contributed by atoms with Crippen LogP contribution in [0.2, 0.25) is 0 Å². The van der Waals surface area contributed by atoms with E-state index in [9.17, 15) is 4.79 Å². The lowest BCUT2D eigenvalue weighted by Gasteiger charge is -2.38. The minimum Gasteiger partial charge on any atom is -0.384 e. The topological polar surface area (TPSA) is 41.6 Å². The molecule has 0 aliphatic carbocycles. The van der Waals surface area contributed by atoms with Gasteiger partial charge >= 0.3 is 0 Å². The molecule has 0 aromatic heterocycles. The predicted molar refractivity (Wildman–Crippen MR) is 69.5 cm³/mol. The van der Waals surface area contributed by atoms with Crippen molar-refractivity contribution in [3.63, 3.8) is 0 Å². The standard InChI is InChI=1S/C12H22N2O2.ClH/c1-16-9-2-11(15)14-7-4-12(5-8-14)3-6-13-10-12;/h13H,2-10H2,1H3;1H. The minimum atomic E-state index is 0. The molecule has 0 unspecified atom stereocenters. The van der Waals surface area contributed by atoms with E-state index in [1.165, 1.54) is 19.3 Å². The van der Waals surface area contributed by atoms with Crippen LogP contribution in [-0.2, 0) is 9.53 Å². The van der Waals surface area contributed by atoms with Crippen LogP contribution in [0.4, 0.5) is 0 Å². The summed E-state index contributed by atoms with van der Waals surface area (Å²) in [7, 11) is 1.64. The minimum absolute atomic E-state index is 0. The van der Waals surface area contributed by atoms with E-state index >= 15 is 0 Å². The molecule has 2 aliphatic heterocycles. The van der Waals surface area contributed by atoms with Crippen LogP contribution in [0.3, 0.4) is 0 Å². The summed E-state index contributed by atoms with van der Waals surface area (Å²) < 4.78 is 4.94. The summed E-state index contributed by atoms with van der Waals surface area (Å²) in [6.07, 6.45) is 4.15. The lowest BCUT2D eigenvalue weighted by atomic mass is 9.78. The summed E-state index contributed by atoms with van der Waals surface area (Å²) in [5.41, 5.74) is 0.498. The van der Waals surface area contributed by atoms with E-state index in [0.717, 1.165) is 26.2 Å². The van der Waals surface area contributed by atoms with Crippen LogP contribution in [0.5, 0.6) is 0 Å². The van der Waals surface area contributed by atoms with E-state index in [1.54, 1.807) is 7.11 Å². The van der Waals surface area contributed by atoms with Crippen LogP contribution >= 0.6 is 12.4 Å². The van der Waals surface area contributed by atoms with Crippen molar-refractivity contribution >= 4 is 18.3 Å². The van der Waals surface area contributed by atoms with Crippen LogP contribution in [0.1, 0.15) is 25.7 Å². The van der Waals surface area contributed by atoms with Gasteiger partial charge in [-0.3, -0.25) is 4.79 Å². The van der Waals surface area contributed by atoms with Gasteiger partial charge in [-0.1, -0.05) is 0 Å². The van der Waals surface area contributed by atoms with Gasteiger partial charge in [0.25, 0.3) is 0 Å². The molecular formula is C12H23ClN2O2. The van der Waals surface area contributed by atoms with Crippen molar-refractivity contribution in [2.75, 3.05) is 39.9 Å². The zero-order valence-corrected chi connectivity index (χ0v) is 11.4. The highest BCUT2D eigenvalue weighted by atomic mass is 35.5. The SMILES string of the molecule is COCCC(=O)N1CCC2(CCNC2)CC1.Cl. The number of methoxy groups -OCH3 is 1. The molecule has 2 rings (SSSR count). The van der Waals surface area contributed by atoms with Crippen LogP contribution in [0.25, 0.3) is 0 Å². The predicted octanol–water partition coefficient (Wildman–Crippen LogP) is 1.05. The third-order valence-corrected chi connectivity index (χ3v) is 4.03. The fourth-order valence-electron chi connectivity index (χ4n) is 2.80. The zero-order chi connectivity index (χ0) is 11.4. The lowest BCUT2D eigenvalue weighted by molar-refractivity contribution is -0.134. The van der Waals surface area contributed by atoms with E-state index in [1.807, 2.05) is 4.90 Å². The van der Waals surface area contributed by atoms with Gasteiger partial charge in [-0.25, -0.2) is 0 Å². The third kappa shape index (κ3) is 3.57. The van der Waals surface area contributed by atoms with Crippen molar-refractivity contribution < 1.29 is 9.53 Å². The van der Waals surface area contributed by atoms with Crippen molar-refractivity contribution in [1.82, 2.24) is 10.2 Å². The summed E-state index contributed by atoms with van der Waals surface area (Å²) in [6, 6.07) is 0. The maximum atomic E-state index is 11.8. The Balaban J connectivity index is 0.00000144. The summed E-state index contributed by atoms with van der Waals surface area (Å²) in [6.45, 7) is 4.71. The Hall–Kier alpha value is -0.320. The van der Waals surface area contributed by atoms with Gasteiger partial charge in [-0.05, 0) is 31.2 Å². The van der Waals surface area contributed by atoms with E-state index in [-0.39, 0.29) is 18.3 Å². The Morgan fingerprint density at radius 2 is 2.06 bits per heavy atom. The number of hydrogen-bond donors (Lipinski definition) is 1. The number of piperidine rings is 1.